The summed E-state index contributed by atoms with van der Waals surface area (Å²) in [7, 11) is 0. The maximum Gasteiger partial charge on any atom is 0.248 e. The van der Waals surface area contributed by atoms with Crippen molar-refractivity contribution in [3.63, 3.8) is 0 Å². The molecule has 0 aliphatic rings. The molecule has 0 saturated heterocycles. The predicted molar refractivity (Wildman–Crippen MR) is 77.8 cm³/mol. The summed E-state index contributed by atoms with van der Waals surface area (Å²) < 4.78 is 6.61. The quantitative estimate of drug-likeness (QED) is 0.850. The number of anilines is 1. The van der Waals surface area contributed by atoms with Crippen LogP contribution in [0.4, 0.5) is 5.69 Å². The molecular formula is C14H13BrN2O2. The first-order valence-electron chi connectivity index (χ1n) is 5.63. The van der Waals surface area contributed by atoms with E-state index in [0.29, 0.717) is 23.6 Å². The van der Waals surface area contributed by atoms with Crippen LogP contribution >= 0.6 is 15.9 Å². The van der Waals surface area contributed by atoms with Gasteiger partial charge in [-0.2, -0.15) is 0 Å². The van der Waals surface area contributed by atoms with Gasteiger partial charge in [-0.1, -0.05) is 28.1 Å². The molecule has 4 N–H and O–H groups in total. The van der Waals surface area contributed by atoms with Crippen LogP contribution in [0.3, 0.4) is 0 Å². The van der Waals surface area contributed by atoms with E-state index in [2.05, 4.69) is 15.9 Å². The fourth-order valence-electron chi connectivity index (χ4n) is 1.62. The molecule has 98 valence electrons. The summed E-state index contributed by atoms with van der Waals surface area (Å²) in [6, 6.07) is 12.6. The van der Waals surface area contributed by atoms with Gasteiger partial charge in [-0.15, -0.1) is 0 Å². The van der Waals surface area contributed by atoms with E-state index in [4.69, 9.17) is 16.2 Å². The first-order valence-corrected chi connectivity index (χ1v) is 6.42. The van der Waals surface area contributed by atoms with E-state index in [1.54, 1.807) is 12.1 Å². The minimum atomic E-state index is -0.509. The molecule has 0 heterocycles. The monoisotopic (exact) mass is 320 g/mol. The van der Waals surface area contributed by atoms with E-state index >= 15 is 0 Å². The van der Waals surface area contributed by atoms with Crippen LogP contribution in [0.1, 0.15) is 15.9 Å². The molecule has 4 nitrogen and oxygen atoms in total. The number of benzene rings is 2. The molecule has 0 aromatic heterocycles. The Bertz CT molecular complexity index is 614. The molecule has 0 unspecified atom stereocenters. The Morgan fingerprint density at radius 1 is 1.21 bits per heavy atom. The zero-order chi connectivity index (χ0) is 13.8. The molecule has 5 heteroatoms. The second kappa shape index (κ2) is 5.75. The van der Waals surface area contributed by atoms with Crippen molar-refractivity contribution in [2.75, 3.05) is 5.73 Å². The standard InChI is InChI=1S/C14H13BrN2O2/c15-11-3-1-2-9(6-11)8-19-13-5-4-10(14(17)18)7-12(13)16/h1-7H,8,16H2,(H2,17,18). The lowest BCUT2D eigenvalue weighted by atomic mass is 10.2. The summed E-state index contributed by atoms with van der Waals surface area (Å²) in [6.07, 6.45) is 0. The van der Waals surface area contributed by atoms with Gasteiger partial charge in [0.05, 0.1) is 5.69 Å². The molecular weight excluding hydrogens is 308 g/mol. The highest BCUT2D eigenvalue weighted by Gasteiger charge is 2.06. The van der Waals surface area contributed by atoms with Gasteiger partial charge in [-0.25, -0.2) is 0 Å². The minimum absolute atomic E-state index is 0.368. The third-order valence-electron chi connectivity index (χ3n) is 2.58. The number of hydrogen-bond acceptors (Lipinski definition) is 3. The third-order valence-corrected chi connectivity index (χ3v) is 3.07. The topological polar surface area (TPSA) is 78.3 Å². The molecule has 0 bridgehead atoms. The van der Waals surface area contributed by atoms with Crippen LogP contribution in [0.25, 0.3) is 0 Å². The van der Waals surface area contributed by atoms with Crippen molar-refractivity contribution in [3.05, 3.63) is 58.1 Å². The molecule has 0 aliphatic carbocycles. The molecule has 2 aromatic rings. The van der Waals surface area contributed by atoms with E-state index < -0.39 is 5.91 Å². The number of rotatable bonds is 4. The number of primary amides is 1. The Morgan fingerprint density at radius 3 is 2.63 bits per heavy atom. The van der Waals surface area contributed by atoms with Gasteiger partial charge in [0, 0.05) is 10.0 Å². The van der Waals surface area contributed by atoms with Crippen LogP contribution in [-0.4, -0.2) is 5.91 Å². The van der Waals surface area contributed by atoms with Crippen LogP contribution in [-0.2, 0) is 6.61 Å². The second-order valence-electron chi connectivity index (χ2n) is 4.04. The summed E-state index contributed by atoms with van der Waals surface area (Å²) in [5.74, 6) is 0.0233. The lowest BCUT2D eigenvalue weighted by Gasteiger charge is -2.10. The largest absolute Gasteiger partial charge is 0.487 e. The van der Waals surface area contributed by atoms with Crippen LogP contribution in [0.15, 0.2) is 46.9 Å². The number of amides is 1. The van der Waals surface area contributed by atoms with Gasteiger partial charge >= 0.3 is 0 Å². The predicted octanol–water partition coefficient (Wildman–Crippen LogP) is 2.71. The summed E-state index contributed by atoms with van der Waals surface area (Å²) in [4.78, 5) is 11.0. The zero-order valence-electron chi connectivity index (χ0n) is 10.1. The average Bonchev–Trinajstić information content (AvgIpc) is 2.37. The highest BCUT2D eigenvalue weighted by Crippen LogP contribution is 2.23. The molecule has 2 rings (SSSR count). The van der Waals surface area contributed by atoms with Crippen molar-refractivity contribution in [2.45, 2.75) is 6.61 Å². The number of nitrogen functional groups attached to an aromatic ring is 1. The summed E-state index contributed by atoms with van der Waals surface area (Å²) in [5.41, 5.74) is 12.8. The summed E-state index contributed by atoms with van der Waals surface area (Å²) in [6.45, 7) is 0.402. The SMILES string of the molecule is NC(=O)c1ccc(OCc2cccc(Br)c2)c(N)c1. The highest BCUT2D eigenvalue weighted by atomic mass is 79.9. The lowest BCUT2D eigenvalue weighted by Crippen LogP contribution is -2.11. The number of ether oxygens (including phenoxy) is 1. The summed E-state index contributed by atoms with van der Waals surface area (Å²) in [5, 5.41) is 0. The van der Waals surface area contributed by atoms with Gasteiger partial charge in [-0.05, 0) is 35.9 Å². The maximum absolute atomic E-state index is 11.0. The Kier molecular flexibility index (Phi) is 4.06. The van der Waals surface area contributed by atoms with E-state index in [9.17, 15) is 4.79 Å². The number of halogens is 1. The van der Waals surface area contributed by atoms with Gasteiger partial charge in [0.2, 0.25) is 5.91 Å². The van der Waals surface area contributed by atoms with Crippen LogP contribution in [0.2, 0.25) is 0 Å². The molecule has 0 aliphatic heterocycles. The minimum Gasteiger partial charge on any atom is -0.487 e. The number of nitrogens with two attached hydrogens (primary N) is 2. The fraction of sp³-hybridized carbons (Fsp3) is 0.0714. The maximum atomic E-state index is 11.0. The zero-order valence-corrected chi connectivity index (χ0v) is 11.7. The fourth-order valence-corrected chi connectivity index (χ4v) is 2.07. The Balaban J connectivity index is 2.10. The highest BCUT2D eigenvalue weighted by molar-refractivity contribution is 9.10. The average molecular weight is 321 g/mol. The lowest BCUT2D eigenvalue weighted by molar-refractivity contribution is 0.100. The molecule has 1 amide bonds. The normalized spacial score (nSPS) is 10.2. The Morgan fingerprint density at radius 2 is 2.00 bits per heavy atom. The first-order chi connectivity index (χ1) is 9.06. The number of carbonyl (C=O) groups excluding carboxylic acids is 1. The van der Waals surface area contributed by atoms with E-state index in [1.807, 2.05) is 24.3 Å². The summed E-state index contributed by atoms with van der Waals surface area (Å²) >= 11 is 3.40. The molecule has 0 atom stereocenters. The molecule has 2 aromatic carbocycles. The molecule has 0 fully saturated rings. The Labute approximate surface area is 119 Å². The van der Waals surface area contributed by atoms with Crippen molar-refractivity contribution in [3.8, 4) is 5.75 Å². The Hall–Kier alpha value is -2.01. The van der Waals surface area contributed by atoms with Gasteiger partial charge < -0.3 is 16.2 Å². The first kappa shape index (κ1) is 13.4. The molecule has 0 radical (unpaired) electrons. The molecule has 19 heavy (non-hydrogen) atoms. The van der Waals surface area contributed by atoms with E-state index in [1.165, 1.54) is 6.07 Å². The van der Waals surface area contributed by atoms with E-state index in [0.717, 1.165) is 10.0 Å². The smallest absolute Gasteiger partial charge is 0.248 e. The van der Waals surface area contributed by atoms with Gasteiger partial charge in [0.15, 0.2) is 0 Å². The third kappa shape index (κ3) is 3.48. The second-order valence-corrected chi connectivity index (χ2v) is 4.95. The molecule has 0 spiro atoms. The van der Waals surface area contributed by atoms with Crippen molar-refractivity contribution >= 4 is 27.5 Å². The van der Waals surface area contributed by atoms with Crippen molar-refractivity contribution < 1.29 is 9.53 Å². The van der Waals surface area contributed by atoms with Crippen LogP contribution in [0.5, 0.6) is 5.75 Å². The number of hydrogen-bond donors (Lipinski definition) is 2. The number of carbonyl (C=O) groups is 1. The van der Waals surface area contributed by atoms with E-state index in [-0.39, 0.29) is 0 Å². The van der Waals surface area contributed by atoms with Crippen molar-refractivity contribution in [1.82, 2.24) is 0 Å². The van der Waals surface area contributed by atoms with Crippen LogP contribution in [0, 0.1) is 0 Å². The van der Waals surface area contributed by atoms with Gasteiger partial charge in [0.25, 0.3) is 0 Å². The van der Waals surface area contributed by atoms with Crippen LogP contribution < -0.4 is 16.2 Å². The van der Waals surface area contributed by atoms with Gasteiger partial charge in [0.1, 0.15) is 12.4 Å². The van der Waals surface area contributed by atoms with Gasteiger partial charge in [-0.3, -0.25) is 4.79 Å². The van der Waals surface area contributed by atoms with Crippen molar-refractivity contribution in [1.29, 1.82) is 0 Å². The molecule has 0 saturated carbocycles. The van der Waals surface area contributed by atoms with Crippen molar-refractivity contribution in [2.24, 2.45) is 5.73 Å².